The maximum Gasteiger partial charge on any atom is 0.337 e. The second kappa shape index (κ2) is 4.79. The summed E-state index contributed by atoms with van der Waals surface area (Å²) < 4.78 is 11.2. The Morgan fingerprint density at radius 2 is 2.04 bits per heavy atom. The zero-order valence-electron chi connectivity index (χ0n) is 15.3. The van der Waals surface area contributed by atoms with E-state index in [1.165, 1.54) is 0 Å². The smallest absolute Gasteiger partial charge is 0.337 e. The van der Waals surface area contributed by atoms with E-state index in [4.69, 9.17) is 9.47 Å². The Bertz CT molecular complexity index is 755. The second-order valence-electron chi connectivity index (χ2n) is 9.23. The van der Waals surface area contributed by atoms with Crippen LogP contribution in [0.25, 0.3) is 0 Å². The molecule has 2 aliphatic heterocycles. The highest BCUT2D eigenvalue weighted by Gasteiger charge is 2.82. The second-order valence-corrected chi connectivity index (χ2v) is 9.23. The zero-order valence-corrected chi connectivity index (χ0v) is 15.3. The molecule has 3 N–H and O–H groups in total. The van der Waals surface area contributed by atoms with E-state index >= 15 is 0 Å². The summed E-state index contributed by atoms with van der Waals surface area (Å²) in [5, 5.41) is 33.7. The van der Waals surface area contributed by atoms with Gasteiger partial charge in [0.15, 0.2) is 5.60 Å². The van der Waals surface area contributed by atoms with Crippen molar-refractivity contribution in [3.05, 3.63) is 23.3 Å². The van der Waals surface area contributed by atoms with Crippen molar-refractivity contribution in [2.45, 2.75) is 63.1 Å². The molecule has 5 aliphatic rings. The number of carbonyl (C=O) groups is 1. The van der Waals surface area contributed by atoms with Crippen LogP contribution in [0.15, 0.2) is 23.3 Å². The van der Waals surface area contributed by atoms with Crippen LogP contribution in [0.5, 0.6) is 0 Å². The topological polar surface area (TPSA) is 99.5 Å². The fraction of sp³-hybridized carbons (Fsp3) is 0.750. The Balaban J connectivity index is 1.66. The van der Waals surface area contributed by atoms with E-state index in [1.54, 1.807) is 6.08 Å². The third-order valence-corrected chi connectivity index (χ3v) is 7.87. The maximum atomic E-state index is 12.0. The van der Waals surface area contributed by atoms with E-state index in [9.17, 15) is 20.1 Å². The predicted octanol–water partition coefficient (Wildman–Crippen LogP) is 0.702. The third-order valence-electron chi connectivity index (χ3n) is 7.87. The first kappa shape index (κ1) is 16.9. The Labute approximate surface area is 152 Å². The van der Waals surface area contributed by atoms with Gasteiger partial charge in [-0.3, -0.25) is 0 Å². The van der Waals surface area contributed by atoms with Gasteiger partial charge in [-0.2, -0.15) is 0 Å². The molecule has 6 heteroatoms. The lowest BCUT2D eigenvalue weighted by Gasteiger charge is -2.59. The van der Waals surface area contributed by atoms with Gasteiger partial charge in [-0.25, -0.2) is 4.79 Å². The number of carbonyl (C=O) groups excluding carboxylic acids is 1. The monoisotopic (exact) mass is 362 g/mol. The molecule has 1 saturated heterocycles. The van der Waals surface area contributed by atoms with Gasteiger partial charge < -0.3 is 24.8 Å². The zero-order chi connectivity index (χ0) is 18.6. The molecule has 0 amide bonds. The van der Waals surface area contributed by atoms with Crippen LogP contribution in [-0.4, -0.2) is 57.4 Å². The van der Waals surface area contributed by atoms with E-state index < -0.39 is 34.8 Å². The average molecular weight is 362 g/mol. The molecule has 3 aliphatic carbocycles. The van der Waals surface area contributed by atoms with Crippen LogP contribution in [0.1, 0.15) is 33.6 Å². The van der Waals surface area contributed by atoms with Crippen molar-refractivity contribution in [3.8, 4) is 0 Å². The van der Waals surface area contributed by atoms with Gasteiger partial charge in [0.1, 0.15) is 12.2 Å². The number of esters is 1. The molecule has 0 radical (unpaired) electrons. The summed E-state index contributed by atoms with van der Waals surface area (Å²) in [5.74, 6) is -0.428. The average Bonchev–Trinajstić information content (AvgIpc) is 3.17. The quantitative estimate of drug-likeness (QED) is 0.361. The van der Waals surface area contributed by atoms with Crippen LogP contribution < -0.4 is 0 Å². The number of hydrogen-bond acceptors (Lipinski definition) is 6. The molecule has 2 heterocycles. The van der Waals surface area contributed by atoms with Crippen LogP contribution >= 0.6 is 0 Å². The van der Waals surface area contributed by atoms with Gasteiger partial charge in [0, 0.05) is 11.3 Å². The summed E-state index contributed by atoms with van der Waals surface area (Å²) in [6.45, 7) is 6.21. The van der Waals surface area contributed by atoms with Crippen LogP contribution in [0.4, 0.5) is 0 Å². The number of cyclic esters (lactones) is 1. The number of aliphatic hydroxyl groups excluding tert-OH is 2. The van der Waals surface area contributed by atoms with Crippen molar-refractivity contribution in [2.75, 3.05) is 6.61 Å². The molecule has 26 heavy (non-hydrogen) atoms. The molecule has 2 fully saturated rings. The molecular weight excluding hydrogens is 336 g/mol. The number of aliphatic hydroxyl groups is 3. The molecule has 142 valence electrons. The van der Waals surface area contributed by atoms with Gasteiger partial charge in [-0.1, -0.05) is 32.9 Å². The van der Waals surface area contributed by atoms with Gasteiger partial charge in [0.05, 0.1) is 23.9 Å². The first-order valence-corrected chi connectivity index (χ1v) is 9.53. The first-order chi connectivity index (χ1) is 12.2. The summed E-state index contributed by atoms with van der Waals surface area (Å²) in [5.41, 5.74) is -2.01. The summed E-state index contributed by atoms with van der Waals surface area (Å²) in [7, 11) is 0. The van der Waals surface area contributed by atoms with E-state index in [-0.39, 0.29) is 36.9 Å². The fourth-order valence-electron chi connectivity index (χ4n) is 6.38. The van der Waals surface area contributed by atoms with Gasteiger partial charge in [0.2, 0.25) is 0 Å². The lowest BCUT2D eigenvalue weighted by atomic mass is 9.46. The van der Waals surface area contributed by atoms with Crippen molar-refractivity contribution in [1.29, 1.82) is 0 Å². The number of ether oxygens (including phenoxy) is 2. The Morgan fingerprint density at radius 3 is 2.73 bits per heavy atom. The minimum atomic E-state index is -1.40. The number of rotatable bonds is 1. The molecular formula is C20H26O6. The summed E-state index contributed by atoms with van der Waals surface area (Å²) in [4.78, 5) is 12.0. The van der Waals surface area contributed by atoms with Crippen LogP contribution in [0, 0.1) is 23.2 Å². The van der Waals surface area contributed by atoms with Crippen LogP contribution in [0.2, 0.25) is 0 Å². The normalized spacial score (nSPS) is 54.4. The largest absolute Gasteiger partial charge is 0.458 e. The summed E-state index contributed by atoms with van der Waals surface area (Å²) >= 11 is 0. The highest BCUT2D eigenvalue weighted by atomic mass is 16.6. The lowest BCUT2D eigenvalue weighted by molar-refractivity contribution is -0.181. The molecule has 0 aromatic heterocycles. The number of hydrogen-bond donors (Lipinski definition) is 3. The fourth-order valence-corrected chi connectivity index (χ4v) is 6.38. The third kappa shape index (κ3) is 1.62. The molecule has 1 saturated carbocycles. The van der Waals surface area contributed by atoms with Crippen molar-refractivity contribution < 1.29 is 29.6 Å². The van der Waals surface area contributed by atoms with E-state index in [0.29, 0.717) is 12.0 Å². The lowest BCUT2D eigenvalue weighted by Crippen LogP contribution is -2.70. The number of epoxide rings is 1. The minimum Gasteiger partial charge on any atom is -0.458 e. The Morgan fingerprint density at radius 1 is 1.31 bits per heavy atom. The van der Waals surface area contributed by atoms with Crippen LogP contribution in [0.3, 0.4) is 0 Å². The molecule has 5 rings (SSSR count). The molecule has 8 atom stereocenters. The van der Waals surface area contributed by atoms with Gasteiger partial charge in [-0.05, 0) is 30.3 Å². The molecule has 1 spiro atoms. The van der Waals surface area contributed by atoms with Crippen LogP contribution in [-0.2, 0) is 14.3 Å². The van der Waals surface area contributed by atoms with Crippen molar-refractivity contribution in [1.82, 2.24) is 0 Å². The van der Waals surface area contributed by atoms with E-state index in [0.717, 1.165) is 5.57 Å². The summed E-state index contributed by atoms with van der Waals surface area (Å²) in [6, 6.07) is 0. The van der Waals surface area contributed by atoms with Gasteiger partial charge >= 0.3 is 5.97 Å². The van der Waals surface area contributed by atoms with Crippen molar-refractivity contribution in [3.63, 3.8) is 0 Å². The van der Waals surface area contributed by atoms with E-state index in [2.05, 4.69) is 0 Å². The minimum absolute atomic E-state index is 0.0832. The predicted molar refractivity (Wildman–Crippen MR) is 90.9 cm³/mol. The van der Waals surface area contributed by atoms with Gasteiger partial charge in [-0.15, -0.1) is 0 Å². The SMILES string of the molecule is CC(C)C1C=C[C@]2(O)[C@]3(O[C@H]3CC3C4=C(C(=O)OC4)[C@@H](O)C[C@@]32C)[C@@H]1O. The molecule has 0 aromatic carbocycles. The Hall–Kier alpha value is -1.21. The van der Waals surface area contributed by atoms with Crippen molar-refractivity contribution >= 4 is 5.97 Å². The van der Waals surface area contributed by atoms with E-state index in [1.807, 2.05) is 26.8 Å². The highest BCUT2D eigenvalue weighted by molar-refractivity contribution is 5.93. The maximum absolute atomic E-state index is 12.0. The molecule has 2 unspecified atom stereocenters. The number of fused-ring (bicyclic) bond motifs is 3. The highest BCUT2D eigenvalue weighted by Crippen LogP contribution is 2.70. The van der Waals surface area contributed by atoms with Gasteiger partial charge in [0.25, 0.3) is 0 Å². The molecule has 6 nitrogen and oxygen atoms in total. The first-order valence-electron chi connectivity index (χ1n) is 9.53. The Kier molecular flexibility index (Phi) is 3.12. The molecule has 0 bridgehead atoms. The summed E-state index contributed by atoms with van der Waals surface area (Å²) in [6.07, 6.45) is 2.54. The van der Waals surface area contributed by atoms with Crippen molar-refractivity contribution in [2.24, 2.45) is 23.2 Å². The standard InChI is InChI=1S/C20H26O6/c1-9(2)10-4-5-19(24)18(3)7-13(21)15-11(8-25-17(15)23)12(18)6-14-20(19,26-14)16(10)22/h4-5,9-10,12-14,16,21-22,24H,6-8H2,1-3H3/t10?,12?,13-,14-,16+,18-,19+,20+/m0/s1. The molecule has 0 aromatic rings.